The fourth-order valence-electron chi connectivity index (χ4n) is 3.67. The van der Waals surface area contributed by atoms with Crippen LogP contribution in [0, 0.1) is 0 Å². The van der Waals surface area contributed by atoms with Crippen LogP contribution in [0.1, 0.15) is 40.0 Å². The largest absolute Gasteiger partial charge is 0.496 e. The maximum atomic E-state index is 13.8. The van der Waals surface area contributed by atoms with E-state index in [1.807, 2.05) is 0 Å². The zero-order chi connectivity index (χ0) is 22.0. The molecule has 0 aliphatic carbocycles. The van der Waals surface area contributed by atoms with Gasteiger partial charge in [-0.2, -0.15) is 18.3 Å². The molecular weight excluding hydrogens is 411 g/mol. The van der Waals surface area contributed by atoms with Crippen LogP contribution in [0.2, 0.25) is 0 Å². The molecule has 0 radical (unpaired) electrons. The number of carbonyl (C=O) groups excluding carboxylic acids is 1. The second-order valence-corrected chi connectivity index (χ2v) is 7.13. The summed E-state index contributed by atoms with van der Waals surface area (Å²) in [5, 5.41) is 9.65. The minimum absolute atomic E-state index is 0.0215. The lowest BCUT2D eigenvalue weighted by atomic mass is 9.95. The fourth-order valence-corrected chi connectivity index (χ4v) is 3.67. The molecule has 0 saturated heterocycles. The van der Waals surface area contributed by atoms with Gasteiger partial charge < -0.3 is 15.4 Å². The molecule has 0 spiro atoms. The van der Waals surface area contributed by atoms with Gasteiger partial charge >= 0.3 is 6.18 Å². The predicted molar refractivity (Wildman–Crippen MR) is 107 cm³/mol. The highest BCUT2D eigenvalue weighted by molar-refractivity contribution is 5.98. The van der Waals surface area contributed by atoms with Gasteiger partial charge in [0, 0.05) is 30.9 Å². The van der Waals surface area contributed by atoms with Crippen molar-refractivity contribution in [3.05, 3.63) is 71.7 Å². The van der Waals surface area contributed by atoms with E-state index < -0.39 is 24.2 Å². The first kappa shape index (κ1) is 20.7. The summed E-state index contributed by atoms with van der Waals surface area (Å²) < 4.78 is 47.7. The Hall–Kier alpha value is -3.56. The molecule has 1 aliphatic heterocycles. The Morgan fingerprint density at radius 1 is 1.26 bits per heavy atom. The van der Waals surface area contributed by atoms with Crippen LogP contribution in [-0.2, 0) is 6.54 Å². The monoisotopic (exact) mass is 431 g/mol. The van der Waals surface area contributed by atoms with Gasteiger partial charge in [-0.3, -0.25) is 9.78 Å². The number of amides is 1. The predicted octanol–water partition coefficient (Wildman–Crippen LogP) is 3.88. The van der Waals surface area contributed by atoms with E-state index in [0.717, 1.165) is 16.4 Å². The molecule has 0 saturated carbocycles. The van der Waals surface area contributed by atoms with Crippen LogP contribution < -0.4 is 15.4 Å². The fraction of sp³-hybridized carbons (Fsp3) is 0.286. The summed E-state index contributed by atoms with van der Waals surface area (Å²) in [7, 11) is 1.46. The molecule has 7 nitrogen and oxygen atoms in total. The van der Waals surface area contributed by atoms with Crippen LogP contribution in [-0.4, -0.2) is 34.0 Å². The van der Waals surface area contributed by atoms with Crippen LogP contribution >= 0.6 is 0 Å². The Balaban J connectivity index is 1.65. The van der Waals surface area contributed by atoms with E-state index in [4.69, 9.17) is 4.74 Å². The van der Waals surface area contributed by atoms with Crippen LogP contribution in [0.15, 0.2) is 55.0 Å². The Labute approximate surface area is 176 Å². The van der Waals surface area contributed by atoms with Crippen LogP contribution in [0.5, 0.6) is 5.75 Å². The number of methoxy groups -OCH3 is 1. The zero-order valence-electron chi connectivity index (χ0n) is 16.6. The second-order valence-electron chi connectivity index (χ2n) is 7.13. The molecule has 4 rings (SSSR count). The van der Waals surface area contributed by atoms with Gasteiger partial charge in [-0.25, -0.2) is 4.68 Å². The molecule has 3 heterocycles. The van der Waals surface area contributed by atoms with Crippen molar-refractivity contribution in [3.63, 3.8) is 0 Å². The van der Waals surface area contributed by atoms with Crippen LogP contribution in [0.25, 0.3) is 0 Å². The molecule has 2 aromatic heterocycles. The van der Waals surface area contributed by atoms with Crippen LogP contribution in [0.3, 0.4) is 0 Å². The highest BCUT2D eigenvalue weighted by atomic mass is 19.4. The third-order valence-corrected chi connectivity index (χ3v) is 5.17. The number of alkyl halides is 3. The molecule has 1 amide bonds. The Morgan fingerprint density at radius 3 is 2.77 bits per heavy atom. The third kappa shape index (κ3) is 4.18. The van der Waals surface area contributed by atoms with E-state index in [-0.39, 0.29) is 24.3 Å². The molecule has 2 N–H and O–H groups in total. The van der Waals surface area contributed by atoms with Gasteiger partial charge in [-0.05, 0) is 17.7 Å². The number of halogens is 3. The van der Waals surface area contributed by atoms with Gasteiger partial charge in [0.15, 0.2) is 6.04 Å². The maximum Gasteiger partial charge on any atom is 0.410 e. The smallest absolute Gasteiger partial charge is 0.410 e. The normalized spacial score (nSPS) is 18.1. The van der Waals surface area contributed by atoms with Crippen molar-refractivity contribution in [1.29, 1.82) is 0 Å². The number of carbonyl (C=O) groups is 1. The average molecular weight is 431 g/mol. The summed E-state index contributed by atoms with van der Waals surface area (Å²) in [6.07, 6.45) is -0.450. The Morgan fingerprint density at radius 2 is 2.06 bits per heavy atom. The number of para-hydroxylation sites is 1. The summed E-state index contributed by atoms with van der Waals surface area (Å²) in [6.45, 7) is 0.190. The summed E-state index contributed by atoms with van der Waals surface area (Å²) in [6, 6.07) is 7.80. The number of nitrogens with one attached hydrogen (secondary N) is 2. The van der Waals surface area contributed by atoms with Crippen molar-refractivity contribution >= 4 is 11.7 Å². The number of benzene rings is 1. The van der Waals surface area contributed by atoms with E-state index in [2.05, 4.69) is 20.7 Å². The van der Waals surface area contributed by atoms with Crippen molar-refractivity contribution in [3.8, 4) is 5.75 Å². The number of pyridine rings is 1. The lowest BCUT2D eigenvalue weighted by molar-refractivity contribution is -0.173. The highest BCUT2D eigenvalue weighted by Crippen LogP contribution is 2.45. The number of anilines is 1. The SMILES string of the molecule is COc1ccccc1[C@H]1C[C@H](C(F)(F)F)n2ncc(C(=O)NCc3cccnc3)c2N1. The van der Waals surface area contributed by atoms with Crippen molar-refractivity contribution in [2.45, 2.75) is 31.2 Å². The molecule has 0 fully saturated rings. The summed E-state index contributed by atoms with van der Waals surface area (Å²) in [5.41, 5.74) is 1.39. The summed E-state index contributed by atoms with van der Waals surface area (Å²) in [5.74, 6) is -0.0381. The quantitative estimate of drug-likeness (QED) is 0.641. The lowest BCUT2D eigenvalue weighted by Gasteiger charge is -2.34. The molecule has 2 atom stereocenters. The Kier molecular flexibility index (Phi) is 5.53. The molecule has 1 aromatic carbocycles. The maximum absolute atomic E-state index is 13.8. The number of rotatable bonds is 5. The van der Waals surface area contributed by atoms with Crippen molar-refractivity contribution in [2.24, 2.45) is 0 Å². The van der Waals surface area contributed by atoms with Crippen LogP contribution in [0.4, 0.5) is 19.0 Å². The van der Waals surface area contributed by atoms with Gasteiger partial charge in [-0.1, -0.05) is 24.3 Å². The van der Waals surface area contributed by atoms with Crippen molar-refractivity contribution in [2.75, 3.05) is 12.4 Å². The van der Waals surface area contributed by atoms with E-state index in [0.29, 0.717) is 11.3 Å². The minimum atomic E-state index is -4.54. The van der Waals surface area contributed by atoms with Crippen molar-refractivity contribution in [1.82, 2.24) is 20.1 Å². The molecule has 3 aromatic rings. The molecule has 10 heteroatoms. The molecule has 31 heavy (non-hydrogen) atoms. The first-order valence-corrected chi connectivity index (χ1v) is 9.59. The third-order valence-electron chi connectivity index (χ3n) is 5.17. The average Bonchev–Trinajstić information content (AvgIpc) is 3.20. The van der Waals surface area contributed by atoms with Gasteiger partial charge in [0.2, 0.25) is 0 Å². The number of hydrogen-bond acceptors (Lipinski definition) is 5. The van der Waals surface area contributed by atoms with Gasteiger partial charge in [-0.15, -0.1) is 0 Å². The first-order chi connectivity index (χ1) is 14.9. The van der Waals surface area contributed by atoms with Gasteiger partial charge in [0.1, 0.15) is 17.1 Å². The summed E-state index contributed by atoms with van der Waals surface area (Å²) >= 11 is 0. The lowest BCUT2D eigenvalue weighted by Crippen LogP contribution is -2.36. The summed E-state index contributed by atoms with van der Waals surface area (Å²) in [4.78, 5) is 16.7. The molecule has 0 bridgehead atoms. The van der Waals surface area contributed by atoms with Crippen molar-refractivity contribution < 1.29 is 22.7 Å². The topological polar surface area (TPSA) is 81.1 Å². The highest BCUT2D eigenvalue weighted by Gasteiger charge is 2.47. The second kappa shape index (κ2) is 8.29. The zero-order valence-corrected chi connectivity index (χ0v) is 16.6. The van der Waals surface area contributed by atoms with E-state index >= 15 is 0 Å². The molecule has 162 valence electrons. The standard InChI is InChI=1S/C21H20F3N5O2/c1-31-17-7-3-2-6-14(17)16-9-18(21(22,23)24)29-19(28-16)15(12-27-29)20(30)26-11-13-5-4-8-25-10-13/h2-8,10,12,16,18,28H,9,11H2,1H3,(H,26,30)/t16-,18-/m1/s1. The molecule has 0 unspecified atom stereocenters. The van der Waals surface area contributed by atoms with Gasteiger partial charge in [0.05, 0.1) is 19.3 Å². The number of aromatic nitrogens is 3. The number of hydrogen-bond donors (Lipinski definition) is 2. The minimum Gasteiger partial charge on any atom is -0.496 e. The van der Waals surface area contributed by atoms with E-state index in [1.54, 1.807) is 48.8 Å². The number of ether oxygens (including phenoxy) is 1. The number of nitrogens with zero attached hydrogens (tertiary/aromatic N) is 3. The first-order valence-electron chi connectivity index (χ1n) is 9.59. The van der Waals surface area contributed by atoms with E-state index in [1.165, 1.54) is 7.11 Å². The Bertz CT molecular complexity index is 1070. The molecule has 1 aliphatic rings. The van der Waals surface area contributed by atoms with Gasteiger partial charge in [0.25, 0.3) is 5.91 Å². The molecular formula is C21H20F3N5O2. The number of fused-ring (bicyclic) bond motifs is 1. The van der Waals surface area contributed by atoms with E-state index in [9.17, 15) is 18.0 Å².